The van der Waals surface area contributed by atoms with Crippen molar-refractivity contribution in [3.05, 3.63) is 45.5 Å². The van der Waals surface area contributed by atoms with Gasteiger partial charge in [-0.25, -0.2) is 0 Å². The number of nitrogens with one attached hydrogen (secondary N) is 1. The number of nitro benzene ring substituents is 1. The highest BCUT2D eigenvalue weighted by molar-refractivity contribution is 5.98. The number of carbonyl (C=O) groups is 1. The monoisotopic (exact) mass is 276 g/mol. The van der Waals surface area contributed by atoms with Gasteiger partial charge in [-0.05, 0) is 31.7 Å². The molecule has 1 aromatic rings. The van der Waals surface area contributed by atoms with E-state index in [1.165, 1.54) is 17.7 Å². The molecule has 0 aromatic heterocycles. The molecular weight excluding hydrogens is 260 g/mol. The zero-order valence-electron chi connectivity index (χ0n) is 11.0. The Hall–Kier alpha value is -2.37. The van der Waals surface area contributed by atoms with Crippen molar-refractivity contribution in [1.29, 1.82) is 0 Å². The molecule has 1 aliphatic carbocycles. The fourth-order valence-electron chi connectivity index (χ4n) is 2.26. The zero-order chi connectivity index (χ0) is 14.5. The number of phenolic OH excluding ortho intramolecular Hbond substituents is 1. The summed E-state index contributed by atoms with van der Waals surface area (Å²) in [5.41, 5.74) is 0.796. The van der Waals surface area contributed by atoms with Gasteiger partial charge in [0.2, 0.25) is 5.75 Å². The third-order valence-corrected chi connectivity index (χ3v) is 3.32. The number of benzene rings is 1. The first-order valence-corrected chi connectivity index (χ1v) is 6.52. The van der Waals surface area contributed by atoms with E-state index in [0.717, 1.165) is 31.7 Å². The number of nitro groups is 1. The molecule has 0 aliphatic heterocycles. The van der Waals surface area contributed by atoms with E-state index in [9.17, 15) is 20.0 Å². The minimum Gasteiger partial charge on any atom is -0.502 e. The normalized spacial score (nSPS) is 13.9. The molecule has 0 atom stereocenters. The van der Waals surface area contributed by atoms with Crippen molar-refractivity contribution in [2.24, 2.45) is 0 Å². The van der Waals surface area contributed by atoms with Crippen molar-refractivity contribution in [2.75, 3.05) is 6.54 Å². The van der Waals surface area contributed by atoms with E-state index in [4.69, 9.17) is 0 Å². The Morgan fingerprint density at radius 3 is 2.90 bits per heavy atom. The lowest BCUT2D eigenvalue weighted by molar-refractivity contribution is -0.385. The average Bonchev–Trinajstić information content (AvgIpc) is 2.91. The first kappa shape index (κ1) is 14.0. The summed E-state index contributed by atoms with van der Waals surface area (Å²) in [4.78, 5) is 21.9. The van der Waals surface area contributed by atoms with Gasteiger partial charge in [-0.15, -0.1) is 0 Å². The first-order chi connectivity index (χ1) is 9.59. The molecule has 106 valence electrons. The van der Waals surface area contributed by atoms with Crippen LogP contribution in [0.5, 0.6) is 5.75 Å². The summed E-state index contributed by atoms with van der Waals surface area (Å²) in [5, 5.41) is 23.1. The van der Waals surface area contributed by atoms with Gasteiger partial charge in [0.05, 0.1) is 10.5 Å². The Morgan fingerprint density at radius 1 is 1.45 bits per heavy atom. The molecule has 20 heavy (non-hydrogen) atoms. The molecule has 0 unspecified atom stereocenters. The largest absolute Gasteiger partial charge is 0.502 e. The number of allylic oxidation sites excluding steroid dienone is 1. The molecule has 0 saturated heterocycles. The van der Waals surface area contributed by atoms with Crippen molar-refractivity contribution in [1.82, 2.24) is 5.32 Å². The van der Waals surface area contributed by atoms with Crippen molar-refractivity contribution in [2.45, 2.75) is 25.7 Å². The number of rotatable bonds is 5. The molecule has 6 heteroatoms. The summed E-state index contributed by atoms with van der Waals surface area (Å²) in [5.74, 6) is -1.08. The molecular formula is C14H16N2O4. The van der Waals surface area contributed by atoms with Crippen molar-refractivity contribution >= 4 is 11.6 Å². The minimum atomic E-state index is -0.713. The van der Waals surface area contributed by atoms with Crippen LogP contribution in [-0.4, -0.2) is 22.5 Å². The Balaban J connectivity index is 1.98. The Bertz CT molecular complexity index is 566. The molecule has 0 spiro atoms. The van der Waals surface area contributed by atoms with E-state index in [1.807, 2.05) is 0 Å². The first-order valence-electron chi connectivity index (χ1n) is 6.52. The molecule has 0 fully saturated rings. The van der Waals surface area contributed by atoms with Crippen LogP contribution in [0.25, 0.3) is 0 Å². The second kappa shape index (κ2) is 6.18. The van der Waals surface area contributed by atoms with Crippen LogP contribution in [0.1, 0.15) is 36.0 Å². The van der Waals surface area contributed by atoms with Crippen molar-refractivity contribution in [3.8, 4) is 5.75 Å². The van der Waals surface area contributed by atoms with Gasteiger partial charge in [0.15, 0.2) is 0 Å². The molecule has 1 aliphatic rings. The molecule has 1 amide bonds. The second-order valence-corrected chi connectivity index (χ2v) is 4.69. The van der Waals surface area contributed by atoms with Crippen LogP contribution in [0.3, 0.4) is 0 Å². The highest BCUT2D eigenvalue weighted by Gasteiger charge is 2.20. The third kappa shape index (κ3) is 3.14. The fourth-order valence-corrected chi connectivity index (χ4v) is 2.26. The summed E-state index contributed by atoms with van der Waals surface area (Å²) in [7, 11) is 0. The predicted octanol–water partition coefficient (Wildman–Crippen LogP) is 2.53. The Labute approximate surface area is 116 Å². The number of carbonyl (C=O) groups excluding carboxylic acids is 1. The zero-order valence-corrected chi connectivity index (χ0v) is 11.0. The highest BCUT2D eigenvalue weighted by Crippen LogP contribution is 2.29. The molecule has 1 aromatic carbocycles. The smallest absolute Gasteiger partial charge is 0.311 e. The van der Waals surface area contributed by atoms with Crippen LogP contribution < -0.4 is 5.32 Å². The van der Waals surface area contributed by atoms with Gasteiger partial charge >= 0.3 is 5.69 Å². The number of phenols is 1. The van der Waals surface area contributed by atoms with E-state index >= 15 is 0 Å². The number of hydrogen-bond donors (Lipinski definition) is 2. The summed E-state index contributed by atoms with van der Waals surface area (Å²) < 4.78 is 0. The predicted molar refractivity (Wildman–Crippen MR) is 73.6 cm³/mol. The standard InChI is InChI=1S/C14H16N2O4/c17-13-11(6-3-7-12(13)16(19)20)14(18)15-9-8-10-4-1-2-5-10/h3-4,6-7,17H,1-2,5,8-9H2,(H,15,18). The van der Waals surface area contributed by atoms with Gasteiger partial charge < -0.3 is 10.4 Å². The molecule has 0 bridgehead atoms. The highest BCUT2D eigenvalue weighted by atomic mass is 16.6. The second-order valence-electron chi connectivity index (χ2n) is 4.69. The van der Waals surface area contributed by atoms with Gasteiger partial charge in [0.25, 0.3) is 5.91 Å². The number of para-hydroxylation sites is 1. The van der Waals surface area contributed by atoms with E-state index in [2.05, 4.69) is 11.4 Å². The van der Waals surface area contributed by atoms with E-state index < -0.39 is 22.3 Å². The molecule has 2 rings (SSSR count). The lowest BCUT2D eigenvalue weighted by Crippen LogP contribution is -2.24. The van der Waals surface area contributed by atoms with Gasteiger partial charge in [-0.2, -0.15) is 0 Å². The molecule has 0 heterocycles. The summed E-state index contributed by atoms with van der Waals surface area (Å²) in [6, 6.07) is 3.91. The number of amides is 1. The molecule has 6 nitrogen and oxygen atoms in total. The van der Waals surface area contributed by atoms with Crippen LogP contribution in [0, 0.1) is 10.1 Å². The minimum absolute atomic E-state index is 0.0698. The van der Waals surface area contributed by atoms with Crippen LogP contribution in [0.15, 0.2) is 29.8 Å². The lowest BCUT2D eigenvalue weighted by Gasteiger charge is -2.07. The van der Waals surface area contributed by atoms with Gasteiger partial charge in [-0.3, -0.25) is 14.9 Å². The fraction of sp³-hybridized carbons (Fsp3) is 0.357. The molecule has 0 saturated carbocycles. The lowest BCUT2D eigenvalue weighted by atomic mass is 10.1. The maximum atomic E-state index is 11.9. The number of aromatic hydroxyl groups is 1. The Morgan fingerprint density at radius 2 is 2.25 bits per heavy atom. The van der Waals surface area contributed by atoms with Crippen LogP contribution in [0.2, 0.25) is 0 Å². The van der Waals surface area contributed by atoms with Crippen molar-refractivity contribution < 1.29 is 14.8 Å². The SMILES string of the molecule is O=C(NCCC1=CCCC1)c1cccc([N+](=O)[O-])c1O. The van der Waals surface area contributed by atoms with Crippen LogP contribution >= 0.6 is 0 Å². The maximum Gasteiger partial charge on any atom is 0.311 e. The van der Waals surface area contributed by atoms with Crippen LogP contribution in [0.4, 0.5) is 5.69 Å². The van der Waals surface area contributed by atoms with Gasteiger partial charge in [0, 0.05) is 12.6 Å². The van der Waals surface area contributed by atoms with E-state index in [1.54, 1.807) is 0 Å². The summed E-state index contributed by atoms with van der Waals surface area (Å²) in [6.45, 7) is 0.465. The van der Waals surface area contributed by atoms with E-state index in [0.29, 0.717) is 6.54 Å². The number of nitrogens with zero attached hydrogens (tertiary/aromatic N) is 1. The van der Waals surface area contributed by atoms with Gasteiger partial charge in [-0.1, -0.05) is 17.7 Å². The van der Waals surface area contributed by atoms with Gasteiger partial charge in [0.1, 0.15) is 0 Å². The average molecular weight is 276 g/mol. The van der Waals surface area contributed by atoms with E-state index in [-0.39, 0.29) is 5.56 Å². The number of hydrogen-bond acceptors (Lipinski definition) is 4. The Kier molecular flexibility index (Phi) is 4.34. The molecule has 2 N–H and O–H groups in total. The summed E-state index contributed by atoms with van der Waals surface area (Å²) in [6.07, 6.45) is 6.28. The third-order valence-electron chi connectivity index (χ3n) is 3.32. The topological polar surface area (TPSA) is 92.5 Å². The molecule has 0 radical (unpaired) electrons. The van der Waals surface area contributed by atoms with Crippen molar-refractivity contribution in [3.63, 3.8) is 0 Å². The quantitative estimate of drug-likeness (QED) is 0.491. The summed E-state index contributed by atoms with van der Waals surface area (Å²) >= 11 is 0. The van der Waals surface area contributed by atoms with Crippen LogP contribution in [-0.2, 0) is 0 Å². The maximum absolute atomic E-state index is 11.9.